The van der Waals surface area contributed by atoms with Crippen LogP contribution in [0.1, 0.15) is 37.4 Å². The first-order chi connectivity index (χ1) is 15.1. The Labute approximate surface area is 183 Å². The van der Waals surface area contributed by atoms with E-state index < -0.39 is 0 Å². The van der Waals surface area contributed by atoms with E-state index in [-0.39, 0.29) is 11.8 Å². The van der Waals surface area contributed by atoms with E-state index in [0.717, 1.165) is 30.5 Å². The molecule has 31 heavy (non-hydrogen) atoms. The van der Waals surface area contributed by atoms with Crippen LogP contribution in [0.4, 0.5) is 14.9 Å². The van der Waals surface area contributed by atoms with E-state index in [1.54, 1.807) is 13.2 Å². The molecule has 2 amide bonds. The molecule has 1 N–H and O–H groups in total. The highest BCUT2D eigenvalue weighted by molar-refractivity contribution is 5.90. The predicted octanol–water partition coefficient (Wildman–Crippen LogP) is 5.91. The van der Waals surface area contributed by atoms with Crippen molar-refractivity contribution in [2.24, 2.45) is 0 Å². The molecule has 0 unspecified atom stereocenters. The van der Waals surface area contributed by atoms with Gasteiger partial charge in [-0.05, 0) is 48.4 Å². The quantitative estimate of drug-likeness (QED) is 0.412. The van der Waals surface area contributed by atoms with Crippen LogP contribution in [0.15, 0.2) is 66.9 Å². The Morgan fingerprint density at radius 1 is 1.10 bits per heavy atom. The minimum absolute atomic E-state index is 0.167. The molecule has 0 fully saturated rings. The van der Waals surface area contributed by atoms with Gasteiger partial charge in [0.2, 0.25) is 0 Å². The number of nitrogens with one attached hydrogen (secondary N) is 1. The van der Waals surface area contributed by atoms with E-state index in [1.165, 1.54) is 12.1 Å². The zero-order chi connectivity index (χ0) is 22.1. The number of aromatic nitrogens is 1. The zero-order valence-electron chi connectivity index (χ0n) is 18.2. The molecule has 5 nitrogen and oxygen atoms in total. The van der Waals surface area contributed by atoms with Gasteiger partial charge >= 0.3 is 6.03 Å². The van der Waals surface area contributed by atoms with Crippen LogP contribution in [0.3, 0.4) is 0 Å². The van der Waals surface area contributed by atoms with Crippen molar-refractivity contribution in [3.05, 3.63) is 83.9 Å². The fourth-order valence-corrected chi connectivity index (χ4v) is 3.52. The van der Waals surface area contributed by atoms with Gasteiger partial charge in [-0.15, -0.1) is 0 Å². The molecule has 1 heterocycles. The first kappa shape index (κ1) is 22.4. The molecule has 3 aromatic rings. The maximum atomic E-state index is 13.6. The second-order valence-electron chi connectivity index (χ2n) is 7.52. The average molecular weight is 424 g/mol. The largest absolute Gasteiger partial charge is 0.495 e. The van der Waals surface area contributed by atoms with Crippen LogP contribution < -0.4 is 10.1 Å². The van der Waals surface area contributed by atoms with E-state index >= 15 is 0 Å². The van der Waals surface area contributed by atoms with Gasteiger partial charge in [0.05, 0.1) is 19.3 Å². The molecule has 6 heteroatoms. The Kier molecular flexibility index (Phi) is 8.10. The number of halogens is 1. The number of nitrogens with zero attached hydrogens (tertiary/aromatic N) is 2. The number of methoxy groups -OCH3 is 1. The number of unbranched alkanes of at least 4 members (excludes halogenated alkanes) is 2. The summed E-state index contributed by atoms with van der Waals surface area (Å²) in [6.07, 6.45) is 5.03. The molecule has 0 radical (unpaired) electrons. The fourth-order valence-electron chi connectivity index (χ4n) is 3.52. The number of para-hydroxylation sites is 2. The van der Waals surface area contributed by atoms with E-state index in [2.05, 4.69) is 16.8 Å². The van der Waals surface area contributed by atoms with Gasteiger partial charge in [0.25, 0.3) is 0 Å². The van der Waals surface area contributed by atoms with Crippen LogP contribution in [0.5, 0.6) is 5.75 Å². The van der Waals surface area contributed by atoms with Crippen molar-refractivity contribution >= 4 is 11.7 Å². The van der Waals surface area contributed by atoms with Crippen molar-refractivity contribution in [1.82, 2.24) is 9.47 Å². The molecule has 0 aliphatic rings. The first-order valence-electron chi connectivity index (χ1n) is 10.7. The lowest BCUT2D eigenvalue weighted by Crippen LogP contribution is -2.36. The Bertz CT molecular complexity index is 986. The van der Waals surface area contributed by atoms with Crippen LogP contribution in [-0.4, -0.2) is 29.2 Å². The number of hydrogen-bond acceptors (Lipinski definition) is 2. The molecule has 2 aromatic carbocycles. The minimum Gasteiger partial charge on any atom is -0.495 e. The summed E-state index contributed by atoms with van der Waals surface area (Å²) in [5.41, 5.74) is 2.52. The summed E-state index contributed by atoms with van der Waals surface area (Å²) in [7, 11) is 1.59. The third-order valence-corrected chi connectivity index (χ3v) is 5.19. The molecule has 0 bridgehead atoms. The predicted molar refractivity (Wildman–Crippen MR) is 122 cm³/mol. The van der Waals surface area contributed by atoms with Gasteiger partial charge in [-0.2, -0.15) is 0 Å². The summed E-state index contributed by atoms with van der Waals surface area (Å²) in [6.45, 7) is 3.81. The van der Waals surface area contributed by atoms with E-state index in [1.807, 2.05) is 53.6 Å². The molecular weight excluding hydrogens is 393 g/mol. The van der Waals surface area contributed by atoms with E-state index in [0.29, 0.717) is 31.1 Å². The van der Waals surface area contributed by atoms with Crippen molar-refractivity contribution in [2.75, 3.05) is 19.0 Å². The molecule has 0 saturated carbocycles. The van der Waals surface area contributed by atoms with Crippen LogP contribution in [0.25, 0.3) is 0 Å². The second-order valence-corrected chi connectivity index (χ2v) is 7.52. The normalized spacial score (nSPS) is 10.7. The number of amides is 2. The average Bonchev–Trinajstić information content (AvgIpc) is 3.20. The molecule has 0 saturated heterocycles. The summed E-state index contributed by atoms with van der Waals surface area (Å²) < 4.78 is 21.0. The highest BCUT2D eigenvalue weighted by atomic mass is 19.1. The molecule has 0 atom stereocenters. The summed E-state index contributed by atoms with van der Waals surface area (Å²) in [5, 5.41) is 2.98. The van der Waals surface area contributed by atoms with Crippen LogP contribution in [0, 0.1) is 5.82 Å². The number of hydrogen-bond donors (Lipinski definition) is 1. The number of anilines is 1. The maximum Gasteiger partial charge on any atom is 0.322 e. The van der Waals surface area contributed by atoms with Crippen molar-refractivity contribution < 1.29 is 13.9 Å². The highest BCUT2D eigenvalue weighted by Crippen LogP contribution is 2.24. The topological polar surface area (TPSA) is 46.5 Å². The van der Waals surface area contributed by atoms with Crippen molar-refractivity contribution in [2.45, 2.75) is 39.3 Å². The molecule has 1 aromatic heterocycles. The summed E-state index contributed by atoms with van der Waals surface area (Å²) >= 11 is 0. The lowest BCUT2D eigenvalue weighted by atomic mass is 10.2. The maximum absolute atomic E-state index is 13.6. The number of ether oxygens (including phenoxy) is 1. The number of rotatable bonds is 10. The van der Waals surface area contributed by atoms with Gasteiger partial charge in [0.15, 0.2) is 0 Å². The molecular formula is C25H30FN3O2. The van der Waals surface area contributed by atoms with Gasteiger partial charge in [-0.1, -0.05) is 44.0 Å². The standard InChI is InChI=1S/C25H30FN3O2/c1-3-4-7-15-29(25(30)27-23-13-5-6-14-24(23)31-2)19-22-12-9-16-28(22)18-20-10-8-11-21(26)17-20/h5-6,8-14,16-17H,3-4,7,15,18-19H2,1-2H3,(H,27,30). The van der Waals surface area contributed by atoms with Gasteiger partial charge in [0.1, 0.15) is 11.6 Å². The summed E-state index contributed by atoms with van der Waals surface area (Å²) in [6, 6.07) is 17.8. The number of urea groups is 1. The number of benzene rings is 2. The summed E-state index contributed by atoms with van der Waals surface area (Å²) in [4.78, 5) is 14.9. The second kappa shape index (κ2) is 11.2. The Morgan fingerprint density at radius 3 is 2.71 bits per heavy atom. The van der Waals surface area contributed by atoms with E-state index in [4.69, 9.17) is 4.74 Å². The third-order valence-electron chi connectivity index (χ3n) is 5.19. The lowest BCUT2D eigenvalue weighted by molar-refractivity contribution is 0.206. The zero-order valence-corrected chi connectivity index (χ0v) is 18.2. The number of carbonyl (C=O) groups is 1. The molecule has 0 aliphatic heterocycles. The summed E-state index contributed by atoms with van der Waals surface area (Å²) in [5.74, 6) is 0.377. The highest BCUT2D eigenvalue weighted by Gasteiger charge is 2.17. The van der Waals surface area contributed by atoms with Gasteiger partial charge in [-0.25, -0.2) is 9.18 Å². The van der Waals surface area contributed by atoms with Crippen molar-refractivity contribution in [3.63, 3.8) is 0 Å². The lowest BCUT2D eigenvalue weighted by Gasteiger charge is -2.24. The van der Waals surface area contributed by atoms with Gasteiger partial charge < -0.3 is 19.5 Å². The number of carbonyl (C=O) groups excluding carboxylic acids is 1. The molecule has 0 spiro atoms. The first-order valence-corrected chi connectivity index (χ1v) is 10.7. The SMILES string of the molecule is CCCCCN(Cc1cccn1Cc1cccc(F)c1)C(=O)Nc1ccccc1OC. The Hall–Kier alpha value is -3.28. The molecule has 0 aliphatic carbocycles. The van der Waals surface area contributed by atoms with Crippen LogP contribution in [-0.2, 0) is 13.1 Å². The van der Waals surface area contributed by atoms with Crippen LogP contribution >= 0.6 is 0 Å². The molecule has 3 rings (SSSR count). The fraction of sp³-hybridized carbons (Fsp3) is 0.320. The van der Waals surface area contributed by atoms with E-state index in [9.17, 15) is 9.18 Å². The van der Waals surface area contributed by atoms with Crippen molar-refractivity contribution in [3.8, 4) is 5.75 Å². The third kappa shape index (κ3) is 6.35. The smallest absolute Gasteiger partial charge is 0.322 e. The Morgan fingerprint density at radius 2 is 1.94 bits per heavy atom. The monoisotopic (exact) mass is 423 g/mol. The van der Waals surface area contributed by atoms with Crippen molar-refractivity contribution in [1.29, 1.82) is 0 Å². The Balaban J connectivity index is 1.75. The van der Waals surface area contributed by atoms with Crippen LogP contribution in [0.2, 0.25) is 0 Å². The van der Waals surface area contributed by atoms with Gasteiger partial charge in [-0.3, -0.25) is 0 Å². The van der Waals surface area contributed by atoms with Gasteiger partial charge in [0, 0.05) is 25.0 Å². The minimum atomic E-state index is -0.247. The molecule has 164 valence electrons.